The number of halogens is 1. The van der Waals surface area contributed by atoms with Gasteiger partial charge in [0, 0.05) is 43.3 Å². The minimum atomic E-state index is 0.0794. The van der Waals surface area contributed by atoms with Gasteiger partial charge in [0.25, 0.3) is 5.91 Å². The number of carbonyl (C=O) groups is 1. The van der Waals surface area contributed by atoms with Crippen molar-refractivity contribution in [2.45, 2.75) is 6.54 Å². The predicted octanol–water partition coefficient (Wildman–Crippen LogP) is 3.31. The molecular formula is C19H21ClN2O2. The molecule has 2 aromatic carbocycles. The Morgan fingerprint density at radius 2 is 1.62 bits per heavy atom. The molecule has 0 N–H and O–H groups in total. The first-order chi connectivity index (χ1) is 11.7. The number of piperazine rings is 1. The number of ether oxygens (including phenoxy) is 1. The topological polar surface area (TPSA) is 32.8 Å². The Morgan fingerprint density at radius 1 is 1.00 bits per heavy atom. The second-order valence-electron chi connectivity index (χ2n) is 5.92. The van der Waals surface area contributed by atoms with Gasteiger partial charge in [-0.2, -0.15) is 0 Å². The quantitative estimate of drug-likeness (QED) is 0.853. The van der Waals surface area contributed by atoms with E-state index in [1.54, 1.807) is 31.4 Å². The lowest BCUT2D eigenvalue weighted by Gasteiger charge is -2.34. The van der Waals surface area contributed by atoms with Crippen molar-refractivity contribution in [2.75, 3.05) is 33.3 Å². The molecule has 1 aliphatic heterocycles. The van der Waals surface area contributed by atoms with Crippen molar-refractivity contribution in [1.29, 1.82) is 0 Å². The molecule has 2 aromatic rings. The molecule has 1 aliphatic rings. The summed E-state index contributed by atoms with van der Waals surface area (Å²) in [5.41, 5.74) is 1.95. The molecule has 0 spiro atoms. The highest BCUT2D eigenvalue weighted by Crippen LogP contribution is 2.16. The van der Waals surface area contributed by atoms with Crippen molar-refractivity contribution >= 4 is 17.5 Å². The SMILES string of the molecule is COc1ccc(CN2CCN(C(=O)c3ccc(Cl)cc3)CC2)cc1. The van der Waals surface area contributed by atoms with Crippen LogP contribution in [0.2, 0.25) is 5.02 Å². The highest BCUT2D eigenvalue weighted by Gasteiger charge is 2.22. The second kappa shape index (κ2) is 7.69. The van der Waals surface area contributed by atoms with E-state index in [-0.39, 0.29) is 5.91 Å². The molecule has 3 rings (SSSR count). The van der Waals surface area contributed by atoms with Gasteiger partial charge in [-0.25, -0.2) is 0 Å². The van der Waals surface area contributed by atoms with E-state index >= 15 is 0 Å². The first-order valence-corrected chi connectivity index (χ1v) is 8.43. The number of benzene rings is 2. The average Bonchev–Trinajstić information content (AvgIpc) is 2.63. The van der Waals surface area contributed by atoms with Gasteiger partial charge in [-0.1, -0.05) is 23.7 Å². The largest absolute Gasteiger partial charge is 0.497 e. The number of nitrogens with zero attached hydrogens (tertiary/aromatic N) is 2. The maximum Gasteiger partial charge on any atom is 0.253 e. The maximum atomic E-state index is 12.5. The average molecular weight is 345 g/mol. The summed E-state index contributed by atoms with van der Waals surface area (Å²) < 4.78 is 5.18. The molecule has 0 aliphatic carbocycles. The normalized spacial score (nSPS) is 15.3. The zero-order valence-corrected chi connectivity index (χ0v) is 14.5. The summed E-state index contributed by atoms with van der Waals surface area (Å²) in [5.74, 6) is 0.952. The summed E-state index contributed by atoms with van der Waals surface area (Å²) >= 11 is 5.88. The van der Waals surface area contributed by atoms with E-state index in [9.17, 15) is 4.79 Å². The maximum absolute atomic E-state index is 12.5. The number of hydrogen-bond acceptors (Lipinski definition) is 3. The monoisotopic (exact) mass is 344 g/mol. The van der Waals surface area contributed by atoms with Crippen molar-refractivity contribution in [1.82, 2.24) is 9.80 Å². The Kier molecular flexibility index (Phi) is 5.38. The molecule has 0 atom stereocenters. The third-order valence-corrected chi connectivity index (χ3v) is 4.57. The molecule has 0 aromatic heterocycles. The fourth-order valence-corrected chi connectivity index (χ4v) is 3.00. The van der Waals surface area contributed by atoms with Gasteiger partial charge >= 0.3 is 0 Å². The van der Waals surface area contributed by atoms with E-state index in [1.807, 2.05) is 17.0 Å². The lowest BCUT2D eigenvalue weighted by atomic mass is 10.1. The van der Waals surface area contributed by atoms with Crippen LogP contribution < -0.4 is 4.74 Å². The summed E-state index contributed by atoms with van der Waals surface area (Å²) in [6.45, 7) is 4.15. The minimum absolute atomic E-state index is 0.0794. The molecule has 0 radical (unpaired) electrons. The van der Waals surface area contributed by atoms with Crippen molar-refractivity contribution in [3.8, 4) is 5.75 Å². The van der Waals surface area contributed by atoms with Crippen LogP contribution in [0.25, 0.3) is 0 Å². The van der Waals surface area contributed by atoms with Gasteiger partial charge in [0.15, 0.2) is 0 Å². The van der Waals surface area contributed by atoms with Crippen LogP contribution in [0.1, 0.15) is 15.9 Å². The van der Waals surface area contributed by atoms with Crippen LogP contribution in [0.4, 0.5) is 0 Å². The Bertz CT molecular complexity index is 678. The van der Waals surface area contributed by atoms with Crippen LogP contribution in [-0.2, 0) is 6.54 Å². The van der Waals surface area contributed by atoms with Crippen molar-refractivity contribution in [3.63, 3.8) is 0 Å². The number of hydrogen-bond donors (Lipinski definition) is 0. The first kappa shape index (κ1) is 16.8. The Balaban J connectivity index is 1.53. The van der Waals surface area contributed by atoms with E-state index in [1.165, 1.54) is 5.56 Å². The van der Waals surface area contributed by atoms with Gasteiger partial charge in [0.1, 0.15) is 5.75 Å². The van der Waals surface area contributed by atoms with E-state index in [0.717, 1.165) is 38.5 Å². The summed E-state index contributed by atoms with van der Waals surface area (Å²) in [7, 11) is 1.67. The molecule has 1 heterocycles. The number of carbonyl (C=O) groups excluding carboxylic acids is 1. The number of rotatable bonds is 4. The lowest BCUT2D eigenvalue weighted by Crippen LogP contribution is -2.48. The smallest absolute Gasteiger partial charge is 0.253 e. The lowest BCUT2D eigenvalue weighted by molar-refractivity contribution is 0.0628. The van der Waals surface area contributed by atoms with Gasteiger partial charge in [-0.05, 0) is 42.0 Å². The van der Waals surface area contributed by atoms with Gasteiger partial charge in [-0.3, -0.25) is 9.69 Å². The van der Waals surface area contributed by atoms with Crippen LogP contribution in [0.15, 0.2) is 48.5 Å². The fraction of sp³-hybridized carbons (Fsp3) is 0.316. The molecule has 0 saturated carbocycles. The Morgan fingerprint density at radius 3 is 2.21 bits per heavy atom. The van der Waals surface area contributed by atoms with Crippen molar-refractivity contribution in [2.24, 2.45) is 0 Å². The van der Waals surface area contributed by atoms with Gasteiger partial charge in [-0.15, -0.1) is 0 Å². The molecule has 1 fully saturated rings. The molecular weight excluding hydrogens is 324 g/mol. The van der Waals surface area contributed by atoms with Crippen LogP contribution in [0, 0.1) is 0 Å². The Labute approximate surface area is 147 Å². The minimum Gasteiger partial charge on any atom is -0.497 e. The van der Waals surface area contributed by atoms with Crippen LogP contribution >= 0.6 is 11.6 Å². The Hall–Kier alpha value is -2.04. The molecule has 1 saturated heterocycles. The number of methoxy groups -OCH3 is 1. The summed E-state index contributed by atoms with van der Waals surface area (Å²) in [6, 6.07) is 15.2. The standard InChI is InChI=1S/C19H21ClN2O2/c1-24-18-8-2-15(3-9-18)14-21-10-12-22(13-11-21)19(23)16-4-6-17(20)7-5-16/h2-9H,10-14H2,1H3. The molecule has 0 unspecified atom stereocenters. The zero-order valence-electron chi connectivity index (χ0n) is 13.7. The third-order valence-electron chi connectivity index (χ3n) is 4.32. The highest BCUT2D eigenvalue weighted by molar-refractivity contribution is 6.30. The predicted molar refractivity (Wildman–Crippen MR) is 95.6 cm³/mol. The molecule has 4 nitrogen and oxygen atoms in total. The molecule has 0 bridgehead atoms. The van der Waals surface area contributed by atoms with Crippen LogP contribution in [-0.4, -0.2) is 49.0 Å². The summed E-state index contributed by atoms with van der Waals surface area (Å²) in [4.78, 5) is 16.8. The second-order valence-corrected chi connectivity index (χ2v) is 6.36. The number of amides is 1. The van der Waals surface area contributed by atoms with Gasteiger partial charge in [0.05, 0.1) is 7.11 Å². The molecule has 126 valence electrons. The van der Waals surface area contributed by atoms with E-state index < -0.39 is 0 Å². The summed E-state index contributed by atoms with van der Waals surface area (Å²) in [5, 5.41) is 0.649. The van der Waals surface area contributed by atoms with E-state index in [2.05, 4.69) is 17.0 Å². The van der Waals surface area contributed by atoms with Crippen molar-refractivity contribution < 1.29 is 9.53 Å². The highest BCUT2D eigenvalue weighted by atomic mass is 35.5. The van der Waals surface area contributed by atoms with Crippen LogP contribution in [0.3, 0.4) is 0 Å². The van der Waals surface area contributed by atoms with Crippen LogP contribution in [0.5, 0.6) is 5.75 Å². The summed E-state index contributed by atoms with van der Waals surface area (Å²) in [6.07, 6.45) is 0. The fourth-order valence-electron chi connectivity index (χ4n) is 2.87. The van der Waals surface area contributed by atoms with Gasteiger partial charge < -0.3 is 9.64 Å². The van der Waals surface area contributed by atoms with Crippen molar-refractivity contribution in [3.05, 3.63) is 64.7 Å². The molecule has 1 amide bonds. The third kappa shape index (κ3) is 4.08. The van der Waals surface area contributed by atoms with E-state index in [4.69, 9.17) is 16.3 Å². The zero-order chi connectivity index (χ0) is 16.9. The molecule has 24 heavy (non-hydrogen) atoms. The molecule has 5 heteroatoms. The van der Waals surface area contributed by atoms with E-state index in [0.29, 0.717) is 10.6 Å². The first-order valence-electron chi connectivity index (χ1n) is 8.06. The van der Waals surface area contributed by atoms with Gasteiger partial charge in [0.2, 0.25) is 0 Å².